The van der Waals surface area contributed by atoms with Crippen molar-refractivity contribution in [3.8, 4) is 5.75 Å². The highest BCUT2D eigenvalue weighted by Crippen LogP contribution is 2.28. The maximum Gasteiger partial charge on any atom is 0.154 e. The lowest BCUT2D eigenvalue weighted by Crippen LogP contribution is -2.02. The van der Waals surface area contributed by atoms with Crippen molar-refractivity contribution in [1.29, 1.82) is 0 Å². The molecule has 3 rings (SSSR count). The molecule has 1 heterocycles. The van der Waals surface area contributed by atoms with Gasteiger partial charge < -0.3 is 21.1 Å². The minimum Gasteiger partial charge on any atom is -0.497 e. The Morgan fingerprint density at radius 1 is 1.00 bits per heavy atom. The van der Waals surface area contributed by atoms with Gasteiger partial charge in [0.2, 0.25) is 0 Å². The fraction of sp³-hybridized carbons (Fsp3) is 0.211. The molecule has 130 valence electrons. The van der Waals surface area contributed by atoms with Gasteiger partial charge in [0.15, 0.2) is 5.82 Å². The van der Waals surface area contributed by atoms with Gasteiger partial charge in [0.05, 0.1) is 18.5 Å². The first-order chi connectivity index (χ1) is 12.0. The van der Waals surface area contributed by atoms with Crippen LogP contribution in [0.2, 0.25) is 0 Å². The fourth-order valence-corrected chi connectivity index (χ4v) is 2.55. The molecule has 0 aliphatic heterocycles. The number of nitrogens with two attached hydrogens (primary N) is 1. The molecule has 6 nitrogen and oxygen atoms in total. The Labute approximate surface area is 147 Å². The third-order valence-corrected chi connectivity index (χ3v) is 4.17. The number of nitrogen functional groups attached to an aromatic ring is 1. The number of benzene rings is 2. The lowest BCUT2D eigenvalue weighted by molar-refractivity contribution is 0.415. The maximum atomic E-state index is 6.13. The van der Waals surface area contributed by atoms with Gasteiger partial charge in [-0.2, -0.15) is 5.10 Å². The zero-order valence-electron chi connectivity index (χ0n) is 14.9. The molecule has 25 heavy (non-hydrogen) atoms. The van der Waals surface area contributed by atoms with Gasteiger partial charge in [0, 0.05) is 18.8 Å². The lowest BCUT2D eigenvalue weighted by atomic mass is 10.1. The standard InChI is InChI=1S/C19H23N5O/c1-12-9-16(20)17(10-13(12)2)22-19-11-18(23-24(19)3)21-14-5-7-15(25-4)8-6-14/h5-11,22H,20H2,1-4H3,(H,21,23). The molecule has 4 N–H and O–H groups in total. The molecule has 0 aliphatic carbocycles. The van der Waals surface area contributed by atoms with E-state index in [1.807, 2.05) is 49.5 Å². The van der Waals surface area contributed by atoms with Crippen LogP contribution >= 0.6 is 0 Å². The number of aromatic nitrogens is 2. The number of rotatable bonds is 5. The smallest absolute Gasteiger partial charge is 0.154 e. The van der Waals surface area contributed by atoms with Gasteiger partial charge in [-0.1, -0.05) is 0 Å². The van der Waals surface area contributed by atoms with Gasteiger partial charge in [-0.15, -0.1) is 0 Å². The molecule has 0 saturated heterocycles. The van der Waals surface area contributed by atoms with E-state index in [-0.39, 0.29) is 0 Å². The molecular weight excluding hydrogens is 314 g/mol. The first-order valence-corrected chi connectivity index (χ1v) is 8.05. The summed E-state index contributed by atoms with van der Waals surface area (Å²) < 4.78 is 6.95. The Kier molecular flexibility index (Phi) is 4.52. The third kappa shape index (κ3) is 3.68. The second-order valence-electron chi connectivity index (χ2n) is 6.04. The molecule has 2 aromatic carbocycles. The van der Waals surface area contributed by atoms with E-state index in [1.54, 1.807) is 11.8 Å². The van der Waals surface area contributed by atoms with Gasteiger partial charge in [0.25, 0.3) is 0 Å². The average molecular weight is 337 g/mol. The summed E-state index contributed by atoms with van der Waals surface area (Å²) in [5, 5.41) is 11.1. The number of ether oxygens (including phenoxy) is 1. The van der Waals surface area contributed by atoms with Crippen LogP contribution in [0.3, 0.4) is 0 Å². The van der Waals surface area contributed by atoms with Crippen LogP contribution in [0.15, 0.2) is 42.5 Å². The molecule has 3 aromatic rings. The Balaban J connectivity index is 1.79. The summed E-state index contributed by atoms with van der Waals surface area (Å²) in [5.41, 5.74) is 11.0. The van der Waals surface area contributed by atoms with Gasteiger partial charge >= 0.3 is 0 Å². The van der Waals surface area contributed by atoms with E-state index in [0.717, 1.165) is 28.8 Å². The van der Waals surface area contributed by atoms with E-state index in [4.69, 9.17) is 10.5 Å². The fourth-order valence-electron chi connectivity index (χ4n) is 2.55. The van der Waals surface area contributed by atoms with Gasteiger partial charge in [-0.3, -0.25) is 4.68 Å². The van der Waals surface area contributed by atoms with Crippen LogP contribution in [0.25, 0.3) is 0 Å². The number of anilines is 5. The Hall–Kier alpha value is -3.15. The number of hydrogen-bond donors (Lipinski definition) is 3. The molecule has 0 atom stereocenters. The SMILES string of the molecule is COc1ccc(Nc2cc(Nc3cc(C)c(C)cc3N)n(C)n2)cc1. The van der Waals surface area contributed by atoms with Crippen LogP contribution in [0.1, 0.15) is 11.1 Å². The van der Waals surface area contributed by atoms with Crippen molar-refractivity contribution >= 4 is 28.7 Å². The molecule has 0 saturated carbocycles. The molecule has 0 aliphatic rings. The van der Waals surface area contributed by atoms with Gasteiger partial charge in [-0.25, -0.2) is 0 Å². The lowest BCUT2D eigenvalue weighted by Gasteiger charge is -2.11. The molecular formula is C19H23N5O. The average Bonchev–Trinajstić information content (AvgIpc) is 2.92. The highest BCUT2D eigenvalue weighted by atomic mass is 16.5. The van der Waals surface area contributed by atoms with Crippen LogP contribution in [-0.2, 0) is 7.05 Å². The van der Waals surface area contributed by atoms with Crippen molar-refractivity contribution in [3.05, 3.63) is 53.6 Å². The van der Waals surface area contributed by atoms with Gasteiger partial charge in [0.1, 0.15) is 11.6 Å². The summed E-state index contributed by atoms with van der Waals surface area (Å²) >= 11 is 0. The number of nitrogens with one attached hydrogen (secondary N) is 2. The molecule has 6 heteroatoms. The summed E-state index contributed by atoms with van der Waals surface area (Å²) in [6.07, 6.45) is 0. The van der Waals surface area contributed by atoms with Gasteiger partial charge in [-0.05, 0) is 61.4 Å². The van der Waals surface area contributed by atoms with E-state index < -0.39 is 0 Å². The predicted octanol–water partition coefficient (Wildman–Crippen LogP) is 4.11. The molecule has 0 unspecified atom stereocenters. The van der Waals surface area contributed by atoms with Crippen molar-refractivity contribution in [2.75, 3.05) is 23.5 Å². The molecule has 0 spiro atoms. The number of hydrogen-bond acceptors (Lipinski definition) is 5. The Bertz CT molecular complexity index is 884. The summed E-state index contributed by atoms with van der Waals surface area (Å²) in [5.74, 6) is 2.42. The topological polar surface area (TPSA) is 77.1 Å². The first-order valence-electron chi connectivity index (χ1n) is 8.05. The Morgan fingerprint density at radius 2 is 1.68 bits per heavy atom. The molecule has 0 radical (unpaired) electrons. The maximum absolute atomic E-state index is 6.13. The zero-order chi connectivity index (χ0) is 18.0. The monoisotopic (exact) mass is 337 g/mol. The minimum absolute atomic E-state index is 0.717. The summed E-state index contributed by atoms with van der Waals surface area (Å²) in [6, 6.07) is 13.7. The Morgan fingerprint density at radius 3 is 2.36 bits per heavy atom. The highest BCUT2D eigenvalue weighted by molar-refractivity contribution is 5.74. The molecule has 0 amide bonds. The van der Waals surface area contributed by atoms with Crippen LogP contribution in [0.4, 0.5) is 28.7 Å². The summed E-state index contributed by atoms with van der Waals surface area (Å²) in [4.78, 5) is 0. The van der Waals surface area contributed by atoms with Crippen LogP contribution in [0.5, 0.6) is 5.75 Å². The van der Waals surface area contributed by atoms with E-state index in [1.165, 1.54) is 11.1 Å². The number of aryl methyl sites for hydroxylation is 3. The van der Waals surface area contributed by atoms with E-state index in [0.29, 0.717) is 5.69 Å². The minimum atomic E-state index is 0.717. The molecule has 1 aromatic heterocycles. The molecule has 0 bridgehead atoms. The van der Waals surface area contributed by atoms with Crippen molar-refractivity contribution in [1.82, 2.24) is 9.78 Å². The number of methoxy groups -OCH3 is 1. The van der Waals surface area contributed by atoms with Crippen molar-refractivity contribution < 1.29 is 4.74 Å². The quantitative estimate of drug-likeness (QED) is 0.611. The third-order valence-electron chi connectivity index (χ3n) is 4.17. The number of nitrogens with zero attached hydrogens (tertiary/aromatic N) is 2. The van der Waals surface area contributed by atoms with Crippen molar-refractivity contribution in [2.24, 2.45) is 7.05 Å². The van der Waals surface area contributed by atoms with Crippen LogP contribution in [0, 0.1) is 13.8 Å². The van der Waals surface area contributed by atoms with Crippen LogP contribution in [-0.4, -0.2) is 16.9 Å². The summed E-state index contributed by atoms with van der Waals surface area (Å²) in [6.45, 7) is 4.12. The first kappa shape index (κ1) is 16.7. The predicted molar refractivity (Wildman–Crippen MR) is 103 cm³/mol. The van der Waals surface area contributed by atoms with E-state index >= 15 is 0 Å². The molecule has 0 fully saturated rings. The zero-order valence-corrected chi connectivity index (χ0v) is 14.9. The largest absolute Gasteiger partial charge is 0.497 e. The second kappa shape index (κ2) is 6.76. The van der Waals surface area contributed by atoms with E-state index in [9.17, 15) is 0 Å². The highest BCUT2D eigenvalue weighted by Gasteiger charge is 2.09. The summed E-state index contributed by atoms with van der Waals surface area (Å²) in [7, 11) is 3.54. The van der Waals surface area contributed by atoms with Crippen molar-refractivity contribution in [2.45, 2.75) is 13.8 Å². The normalized spacial score (nSPS) is 10.6. The van der Waals surface area contributed by atoms with Crippen molar-refractivity contribution in [3.63, 3.8) is 0 Å². The second-order valence-corrected chi connectivity index (χ2v) is 6.04. The van der Waals surface area contributed by atoms with Crippen LogP contribution < -0.4 is 21.1 Å². The van der Waals surface area contributed by atoms with E-state index in [2.05, 4.69) is 29.6 Å².